The molecule has 0 N–H and O–H groups in total. The molecule has 1 rings (SSSR count). The molecule has 0 bridgehead atoms. The third kappa shape index (κ3) is 2.10. The Morgan fingerprint density at radius 3 is 2.33 bits per heavy atom. The van der Waals surface area contributed by atoms with Crippen molar-refractivity contribution < 1.29 is 0 Å². The maximum atomic E-state index is 3.47. The quantitative estimate of drug-likeness (QED) is 0.372. The first-order valence-electron chi connectivity index (χ1n) is 1.38. The van der Waals surface area contributed by atoms with Crippen molar-refractivity contribution in [1.29, 1.82) is 0 Å². The second kappa shape index (κ2) is 4.02. The van der Waals surface area contributed by atoms with Crippen molar-refractivity contribution in [2.24, 2.45) is 5.10 Å². The molecule has 0 atom stereocenters. The van der Waals surface area contributed by atoms with Gasteiger partial charge >= 0.3 is 51.4 Å². The summed E-state index contributed by atoms with van der Waals surface area (Å²) in [5.41, 5.74) is 3.47. The van der Waals surface area contributed by atoms with Gasteiger partial charge < -0.3 is 0 Å². The molecule has 1 heterocycles. The molecule has 0 spiro atoms. The number of nitrogens with zero attached hydrogens (tertiary/aromatic N) is 2. The molecule has 0 aromatic rings. The van der Waals surface area contributed by atoms with Crippen LogP contribution in [0.2, 0.25) is 0 Å². The van der Waals surface area contributed by atoms with Gasteiger partial charge in [0.25, 0.3) is 0 Å². The Bertz CT molecular complexity index is 66.9. The molecule has 0 fully saturated rings. The third-order valence-corrected chi connectivity index (χ3v) is 0.372. The van der Waals surface area contributed by atoms with E-state index in [1.54, 1.807) is 18.5 Å². The second-order valence-corrected chi connectivity index (χ2v) is 0.722. The van der Waals surface area contributed by atoms with Gasteiger partial charge in [0.1, 0.15) is 0 Å². The molecule has 1 aliphatic heterocycles. The van der Waals surface area contributed by atoms with E-state index >= 15 is 0 Å². The summed E-state index contributed by atoms with van der Waals surface area (Å²) in [4.78, 5) is 0. The molecule has 3 heteroatoms. The number of allylic oxidation sites excluding steroid dienone is 1. The molecule has 0 saturated carbocycles. The summed E-state index contributed by atoms with van der Waals surface area (Å²) in [7, 11) is 0. The van der Waals surface area contributed by atoms with Gasteiger partial charge in [0, 0.05) is 0 Å². The van der Waals surface area contributed by atoms with E-state index in [-0.39, 0.29) is 51.4 Å². The van der Waals surface area contributed by atoms with Gasteiger partial charge in [0.05, 0.1) is 12.4 Å². The Hall–Kier alpha value is 0.846. The van der Waals surface area contributed by atoms with Crippen molar-refractivity contribution in [3.8, 4) is 0 Å². The van der Waals surface area contributed by atoms with Crippen LogP contribution in [0.15, 0.2) is 17.4 Å². The van der Waals surface area contributed by atoms with Gasteiger partial charge in [0.2, 0.25) is 0 Å². The summed E-state index contributed by atoms with van der Waals surface area (Å²) < 4.78 is 0. The number of rotatable bonds is 0. The summed E-state index contributed by atoms with van der Waals surface area (Å²) in [6, 6.07) is 0. The van der Waals surface area contributed by atoms with Gasteiger partial charge in [-0.2, -0.15) is 10.5 Å². The van der Waals surface area contributed by atoms with Crippen LogP contribution in [-0.2, 0) is 0 Å². The fourth-order valence-corrected chi connectivity index (χ4v) is 0.192. The van der Waals surface area contributed by atoms with Gasteiger partial charge in [0.15, 0.2) is 0 Å². The molecule has 0 amide bonds. The standard InChI is InChI=1S/C3H3N2.K.H/c1-2-4-5-3-1;;/h1-3H;;. The average molecular weight is 107 g/mol. The van der Waals surface area contributed by atoms with Crippen molar-refractivity contribution in [2.45, 2.75) is 0 Å². The molecule has 0 saturated heterocycles. The maximum absolute atomic E-state index is 3.47. The van der Waals surface area contributed by atoms with Crippen molar-refractivity contribution >= 4 is 57.6 Å². The zero-order valence-electron chi connectivity index (χ0n) is 2.63. The van der Waals surface area contributed by atoms with Crippen LogP contribution in [0.5, 0.6) is 0 Å². The van der Waals surface area contributed by atoms with E-state index in [1.165, 1.54) is 0 Å². The van der Waals surface area contributed by atoms with Crippen molar-refractivity contribution in [1.82, 2.24) is 5.43 Å². The minimum absolute atomic E-state index is 0. The van der Waals surface area contributed by atoms with Crippen LogP contribution >= 0.6 is 0 Å². The predicted octanol–water partition coefficient (Wildman–Crippen LogP) is -0.545. The van der Waals surface area contributed by atoms with Gasteiger partial charge in [-0.3, -0.25) is 0 Å². The molecule has 0 aromatic heterocycles. The molecular formula is C3H4KN2. The Kier molecular flexibility index (Phi) is 4.58. The summed E-state index contributed by atoms with van der Waals surface area (Å²) in [6.45, 7) is 0. The summed E-state index contributed by atoms with van der Waals surface area (Å²) in [5.74, 6) is 0. The first-order chi connectivity index (χ1) is 2.50. The number of hydrogen-bond donors (Lipinski definition) is 0. The van der Waals surface area contributed by atoms with Crippen LogP contribution in [0.25, 0.3) is 0 Å². The van der Waals surface area contributed by atoms with Crippen LogP contribution in [0.1, 0.15) is 0 Å². The van der Waals surface area contributed by atoms with E-state index < -0.39 is 0 Å². The zero-order chi connectivity index (χ0) is 3.54. The Labute approximate surface area is 79.1 Å². The van der Waals surface area contributed by atoms with E-state index in [9.17, 15) is 0 Å². The molecule has 0 unspecified atom stereocenters. The first-order valence-corrected chi connectivity index (χ1v) is 1.38. The molecule has 0 aliphatic carbocycles. The van der Waals surface area contributed by atoms with Gasteiger partial charge in [-0.25, -0.2) is 0 Å². The van der Waals surface area contributed by atoms with E-state index in [1.807, 2.05) is 0 Å². The fraction of sp³-hybridized carbons (Fsp3) is 0. The number of hydrogen-bond acceptors (Lipinski definition) is 1. The van der Waals surface area contributed by atoms with Gasteiger partial charge in [-0.05, 0) is 6.08 Å². The first kappa shape index (κ1) is 6.85. The SMILES string of the molecule is C1=C[N]N=C1.[KH]. The van der Waals surface area contributed by atoms with Crippen LogP contribution in [0, 0.1) is 0 Å². The van der Waals surface area contributed by atoms with E-state index in [2.05, 4.69) is 10.5 Å². The normalized spacial score (nSPS) is 13.3. The van der Waals surface area contributed by atoms with Crippen LogP contribution in [0.4, 0.5) is 0 Å². The molecule has 1 radical (unpaired) electrons. The summed E-state index contributed by atoms with van der Waals surface area (Å²) >= 11 is 0. The van der Waals surface area contributed by atoms with Crippen LogP contribution < -0.4 is 5.43 Å². The van der Waals surface area contributed by atoms with Gasteiger partial charge in [-0.1, -0.05) is 0 Å². The van der Waals surface area contributed by atoms with E-state index in [0.717, 1.165) is 0 Å². The average Bonchev–Trinajstić information content (AvgIpc) is 1.76. The minimum atomic E-state index is 0. The molecule has 6 heavy (non-hydrogen) atoms. The molecular weight excluding hydrogens is 103 g/mol. The Balaban J connectivity index is 0.000000250. The van der Waals surface area contributed by atoms with Crippen molar-refractivity contribution in [2.75, 3.05) is 0 Å². The predicted molar refractivity (Wildman–Crippen MR) is 26.9 cm³/mol. The molecule has 0 aromatic carbocycles. The monoisotopic (exact) mass is 107 g/mol. The van der Waals surface area contributed by atoms with Crippen molar-refractivity contribution in [3.63, 3.8) is 0 Å². The van der Waals surface area contributed by atoms with Gasteiger partial charge in [-0.15, -0.1) is 0 Å². The molecule has 1 aliphatic rings. The Morgan fingerprint density at radius 1 is 1.33 bits per heavy atom. The van der Waals surface area contributed by atoms with Crippen molar-refractivity contribution in [3.05, 3.63) is 12.3 Å². The van der Waals surface area contributed by atoms with Crippen LogP contribution in [0.3, 0.4) is 0 Å². The summed E-state index contributed by atoms with van der Waals surface area (Å²) in [6.07, 6.45) is 5.06. The second-order valence-electron chi connectivity index (χ2n) is 0.722. The van der Waals surface area contributed by atoms with E-state index in [4.69, 9.17) is 0 Å². The fourth-order valence-electron chi connectivity index (χ4n) is 0.192. The zero-order valence-corrected chi connectivity index (χ0v) is 2.63. The topological polar surface area (TPSA) is 26.5 Å². The van der Waals surface area contributed by atoms with E-state index in [0.29, 0.717) is 0 Å². The molecule has 27 valence electrons. The molecule has 2 nitrogen and oxygen atoms in total. The summed E-state index contributed by atoms with van der Waals surface area (Å²) in [5, 5.41) is 3.47. The Morgan fingerprint density at radius 2 is 2.17 bits per heavy atom. The van der Waals surface area contributed by atoms with Crippen LogP contribution in [-0.4, -0.2) is 57.6 Å². The third-order valence-electron chi connectivity index (χ3n) is 0.372.